The molecule has 1 unspecified atom stereocenters. The van der Waals surface area contributed by atoms with Crippen molar-refractivity contribution in [3.05, 3.63) is 28.8 Å². The number of carbonyl (C=O) groups excluding carboxylic acids is 1. The maximum atomic E-state index is 11.7. The highest BCUT2D eigenvalue weighted by Gasteiger charge is 2.27. The lowest BCUT2D eigenvalue weighted by atomic mass is 9.86. The summed E-state index contributed by atoms with van der Waals surface area (Å²) in [6, 6.07) is 4.15. The molecule has 2 rings (SSSR count). The Kier molecular flexibility index (Phi) is 2.29. The molecule has 0 aromatic heterocycles. The van der Waals surface area contributed by atoms with E-state index in [1.165, 1.54) is 16.7 Å². The summed E-state index contributed by atoms with van der Waals surface area (Å²) in [5.41, 5.74) is 5.07. The molecular formula is C13H17NO. The van der Waals surface area contributed by atoms with Crippen LogP contribution in [-0.4, -0.2) is 13.0 Å². The molecule has 0 spiro atoms. The molecule has 0 aliphatic carbocycles. The SMILES string of the molecule is Cc1ccc2c(c1C)C(C)CC(=O)N2C. The summed E-state index contributed by atoms with van der Waals surface area (Å²) in [5.74, 6) is 0.571. The van der Waals surface area contributed by atoms with Crippen molar-refractivity contribution in [3.8, 4) is 0 Å². The number of benzene rings is 1. The topological polar surface area (TPSA) is 20.3 Å². The van der Waals surface area contributed by atoms with E-state index in [2.05, 4.69) is 32.9 Å². The summed E-state index contributed by atoms with van der Waals surface area (Å²) < 4.78 is 0. The van der Waals surface area contributed by atoms with Crippen LogP contribution in [0.3, 0.4) is 0 Å². The van der Waals surface area contributed by atoms with Crippen LogP contribution in [0.25, 0.3) is 0 Å². The summed E-state index contributed by atoms with van der Waals surface area (Å²) in [5, 5.41) is 0. The average Bonchev–Trinajstić information content (AvgIpc) is 2.18. The number of hydrogen-bond acceptors (Lipinski definition) is 1. The van der Waals surface area contributed by atoms with Crippen molar-refractivity contribution in [2.75, 3.05) is 11.9 Å². The number of carbonyl (C=O) groups is 1. The normalized spacial score (nSPS) is 20.4. The van der Waals surface area contributed by atoms with Gasteiger partial charge in [0.2, 0.25) is 5.91 Å². The molecule has 1 aromatic rings. The van der Waals surface area contributed by atoms with Crippen LogP contribution >= 0.6 is 0 Å². The minimum absolute atomic E-state index is 0.221. The molecule has 1 aliphatic rings. The second-order valence-corrected chi connectivity index (χ2v) is 4.50. The van der Waals surface area contributed by atoms with Gasteiger partial charge in [-0.2, -0.15) is 0 Å². The van der Waals surface area contributed by atoms with Gasteiger partial charge in [0.1, 0.15) is 0 Å². The first-order valence-electron chi connectivity index (χ1n) is 5.39. The summed E-state index contributed by atoms with van der Waals surface area (Å²) >= 11 is 0. The standard InChI is InChI=1S/C13H17NO/c1-8-5-6-11-13(10(8)3)9(2)7-12(15)14(11)4/h5-6,9H,7H2,1-4H3. The molecule has 1 atom stereocenters. The quantitative estimate of drug-likeness (QED) is 0.635. The van der Waals surface area contributed by atoms with Gasteiger partial charge in [0.05, 0.1) is 0 Å². The van der Waals surface area contributed by atoms with Crippen molar-refractivity contribution in [2.24, 2.45) is 0 Å². The molecule has 2 heteroatoms. The van der Waals surface area contributed by atoms with E-state index < -0.39 is 0 Å². The summed E-state index contributed by atoms with van der Waals surface area (Å²) in [6.45, 7) is 6.41. The van der Waals surface area contributed by atoms with Gasteiger partial charge < -0.3 is 4.90 Å². The average molecular weight is 203 g/mol. The molecule has 15 heavy (non-hydrogen) atoms. The molecule has 1 heterocycles. The van der Waals surface area contributed by atoms with Gasteiger partial charge in [-0.25, -0.2) is 0 Å². The van der Waals surface area contributed by atoms with Crippen molar-refractivity contribution >= 4 is 11.6 Å². The summed E-state index contributed by atoms with van der Waals surface area (Å²) in [4.78, 5) is 13.5. The number of rotatable bonds is 0. The molecule has 1 aromatic carbocycles. The second-order valence-electron chi connectivity index (χ2n) is 4.50. The van der Waals surface area contributed by atoms with E-state index in [9.17, 15) is 4.79 Å². The Bertz CT molecular complexity index is 423. The van der Waals surface area contributed by atoms with Crippen molar-refractivity contribution in [3.63, 3.8) is 0 Å². The van der Waals surface area contributed by atoms with Crippen molar-refractivity contribution in [1.82, 2.24) is 0 Å². The molecule has 0 bridgehead atoms. The van der Waals surface area contributed by atoms with E-state index in [1.807, 2.05) is 7.05 Å². The Morgan fingerprint density at radius 3 is 2.67 bits per heavy atom. The smallest absolute Gasteiger partial charge is 0.227 e. The zero-order valence-electron chi connectivity index (χ0n) is 9.79. The Morgan fingerprint density at radius 2 is 2.00 bits per heavy atom. The number of hydrogen-bond donors (Lipinski definition) is 0. The minimum atomic E-state index is 0.221. The fraction of sp³-hybridized carbons (Fsp3) is 0.462. The molecule has 0 saturated carbocycles. The maximum Gasteiger partial charge on any atom is 0.227 e. The number of aryl methyl sites for hydroxylation is 1. The van der Waals surface area contributed by atoms with Crippen LogP contribution in [0, 0.1) is 13.8 Å². The third-order valence-electron chi connectivity index (χ3n) is 3.47. The van der Waals surface area contributed by atoms with E-state index in [-0.39, 0.29) is 5.91 Å². The van der Waals surface area contributed by atoms with Gasteiger partial charge in [0.25, 0.3) is 0 Å². The molecule has 0 saturated heterocycles. The first-order chi connectivity index (χ1) is 7.02. The van der Waals surface area contributed by atoms with Gasteiger partial charge in [-0.15, -0.1) is 0 Å². The van der Waals surface area contributed by atoms with Gasteiger partial charge in [0, 0.05) is 19.2 Å². The molecule has 1 amide bonds. The third-order valence-corrected chi connectivity index (χ3v) is 3.47. The van der Waals surface area contributed by atoms with Gasteiger partial charge in [-0.05, 0) is 42.5 Å². The lowest BCUT2D eigenvalue weighted by Gasteiger charge is -2.31. The van der Waals surface area contributed by atoms with Gasteiger partial charge in [-0.1, -0.05) is 13.0 Å². The van der Waals surface area contributed by atoms with Crippen LogP contribution in [-0.2, 0) is 4.79 Å². The highest BCUT2D eigenvalue weighted by atomic mass is 16.2. The van der Waals surface area contributed by atoms with E-state index in [0.717, 1.165) is 5.69 Å². The molecule has 80 valence electrons. The number of anilines is 1. The second kappa shape index (κ2) is 3.37. The number of fused-ring (bicyclic) bond motifs is 1. The molecular weight excluding hydrogens is 186 g/mol. The van der Waals surface area contributed by atoms with Crippen LogP contribution < -0.4 is 4.90 Å². The van der Waals surface area contributed by atoms with E-state index >= 15 is 0 Å². The van der Waals surface area contributed by atoms with Gasteiger partial charge in [0.15, 0.2) is 0 Å². The fourth-order valence-electron chi connectivity index (χ4n) is 2.37. The summed E-state index contributed by atoms with van der Waals surface area (Å²) in [7, 11) is 1.86. The molecule has 0 fully saturated rings. The minimum Gasteiger partial charge on any atom is -0.315 e. The van der Waals surface area contributed by atoms with E-state index in [4.69, 9.17) is 0 Å². The predicted molar refractivity (Wildman–Crippen MR) is 62.4 cm³/mol. The number of nitrogens with zero attached hydrogens (tertiary/aromatic N) is 1. The lowest BCUT2D eigenvalue weighted by Crippen LogP contribution is -2.33. The Balaban J connectivity index is 2.65. The Labute approximate surface area is 90.9 Å². The van der Waals surface area contributed by atoms with Crippen molar-refractivity contribution in [1.29, 1.82) is 0 Å². The van der Waals surface area contributed by atoms with Crippen LogP contribution in [0.1, 0.15) is 36.0 Å². The maximum absolute atomic E-state index is 11.7. The van der Waals surface area contributed by atoms with E-state index in [0.29, 0.717) is 12.3 Å². The monoisotopic (exact) mass is 203 g/mol. The third kappa shape index (κ3) is 1.44. The first kappa shape index (κ1) is 10.2. The van der Waals surface area contributed by atoms with Crippen molar-refractivity contribution in [2.45, 2.75) is 33.1 Å². The predicted octanol–water partition coefficient (Wildman–Crippen LogP) is 2.77. The molecule has 2 nitrogen and oxygen atoms in total. The number of amides is 1. The summed E-state index contributed by atoms with van der Waals surface area (Å²) in [6.07, 6.45) is 0.633. The van der Waals surface area contributed by atoms with Crippen LogP contribution in [0.5, 0.6) is 0 Å². The zero-order chi connectivity index (χ0) is 11.2. The fourth-order valence-corrected chi connectivity index (χ4v) is 2.37. The molecule has 1 aliphatic heterocycles. The Hall–Kier alpha value is -1.31. The molecule has 0 radical (unpaired) electrons. The van der Waals surface area contributed by atoms with Gasteiger partial charge >= 0.3 is 0 Å². The highest BCUT2D eigenvalue weighted by Crippen LogP contribution is 2.38. The van der Waals surface area contributed by atoms with Crippen LogP contribution in [0.2, 0.25) is 0 Å². The van der Waals surface area contributed by atoms with Crippen LogP contribution in [0.15, 0.2) is 12.1 Å². The largest absolute Gasteiger partial charge is 0.315 e. The van der Waals surface area contributed by atoms with Crippen LogP contribution in [0.4, 0.5) is 5.69 Å². The highest BCUT2D eigenvalue weighted by molar-refractivity contribution is 5.97. The Morgan fingerprint density at radius 1 is 1.33 bits per heavy atom. The first-order valence-corrected chi connectivity index (χ1v) is 5.39. The molecule has 0 N–H and O–H groups in total. The van der Waals surface area contributed by atoms with E-state index in [1.54, 1.807) is 4.90 Å². The van der Waals surface area contributed by atoms with Crippen molar-refractivity contribution < 1.29 is 4.79 Å². The van der Waals surface area contributed by atoms with Gasteiger partial charge in [-0.3, -0.25) is 4.79 Å². The zero-order valence-corrected chi connectivity index (χ0v) is 9.79. The lowest BCUT2D eigenvalue weighted by molar-refractivity contribution is -0.119.